The van der Waals surface area contributed by atoms with E-state index < -0.39 is 0 Å². The predicted molar refractivity (Wildman–Crippen MR) is 75.4 cm³/mol. The van der Waals surface area contributed by atoms with Crippen molar-refractivity contribution in [3.05, 3.63) is 42.0 Å². The molecule has 98 valence electrons. The lowest BCUT2D eigenvalue weighted by atomic mass is 10.3. The van der Waals surface area contributed by atoms with Crippen LogP contribution in [0.5, 0.6) is 0 Å². The molecular formula is C13H14N4OS. The molecule has 0 radical (unpaired) electrons. The van der Waals surface area contributed by atoms with Crippen LogP contribution in [0.15, 0.2) is 35.7 Å². The first-order valence-corrected chi connectivity index (χ1v) is 6.87. The average Bonchev–Trinajstić information content (AvgIpc) is 2.39. The van der Waals surface area contributed by atoms with E-state index in [9.17, 15) is 4.79 Å². The summed E-state index contributed by atoms with van der Waals surface area (Å²) in [5.41, 5.74) is 1.79. The molecule has 0 spiro atoms. The average molecular weight is 274 g/mol. The zero-order valence-electron chi connectivity index (χ0n) is 10.8. The van der Waals surface area contributed by atoms with Crippen LogP contribution in [-0.2, 0) is 0 Å². The number of thioether (sulfide) groups is 1. The number of carbonyl (C=O) groups is 1. The van der Waals surface area contributed by atoms with Crippen molar-refractivity contribution in [3.63, 3.8) is 0 Å². The first-order valence-electron chi connectivity index (χ1n) is 5.89. The minimum atomic E-state index is -0.253. The number of nitrogens with zero attached hydrogens (tertiary/aromatic N) is 3. The lowest BCUT2D eigenvalue weighted by Crippen LogP contribution is -2.15. The third-order valence-corrected chi connectivity index (χ3v) is 2.99. The van der Waals surface area contributed by atoms with Crippen LogP contribution in [0, 0.1) is 6.92 Å². The molecule has 2 aromatic rings. The predicted octanol–water partition coefficient (Wildman–Crippen LogP) is 2.54. The molecule has 2 rings (SSSR count). The van der Waals surface area contributed by atoms with Gasteiger partial charge < -0.3 is 5.32 Å². The Morgan fingerprint density at radius 1 is 1.42 bits per heavy atom. The van der Waals surface area contributed by atoms with Crippen LogP contribution in [0.25, 0.3) is 0 Å². The summed E-state index contributed by atoms with van der Waals surface area (Å²) in [5, 5.41) is 3.38. The van der Waals surface area contributed by atoms with Gasteiger partial charge in [0.1, 0.15) is 5.69 Å². The topological polar surface area (TPSA) is 67.8 Å². The van der Waals surface area contributed by atoms with Crippen molar-refractivity contribution in [1.82, 2.24) is 15.0 Å². The van der Waals surface area contributed by atoms with Gasteiger partial charge in [0.25, 0.3) is 5.91 Å². The smallest absolute Gasteiger partial charge is 0.274 e. The van der Waals surface area contributed by atoms with Gasteiger partial charge in [-0.2, -0.15) is 0 Å². The molecule has 2 aromatic heterocycles. The molecule has 6 heteroatoms. The second-order valence-electron chi connectivity index (χ2n) is 3.81. The number of aromatic nitrogens is 3. The summed E-state index contributed by atoms with van der Waals surface area (Å²) in [7, 11) is 0. The maximum absolute atomic E-state index is 12.1. The third-order valence-electron chi connectivity index (χ3n) is 2.26. The highest BCUT2D eigenvalue weighted by molar-refractivity contribution is 7.99. The Morgan fingerprint density at radius 3 is 2.95 bits per heavy atom. The van der Waals surface area contributed by atoms with Crippen molar-refractivity contribution in [3.8, 4) is 0 Å². The molecule has 0 unspecified atom stereocenters. The Hall–Kier alpha value is -1.95. The number of hydrogen-bond acceptors (Lipinski definition) is 5. The molecule has 0 saturated heterocycles. The molecule has 1 N–H and O–H groups in total. The molecule has 1 amide bonds. The van der Waals surface area contributed by atoms with E-state index in [4.69, 9.17) is 0 Å². The van der Waals surface area contributed by atoms with Crippen molar-refractivity contribution in [2.45, 2.75) is 19.0 Å². The highest BCUT2D eigenvalue weighted by Crippen LogP contribution is 2.14. The van der Waals surface area contributed by atoms with Crippen LogP contribution in [-0.4, -0.2) is 26.6 Å². The minimum absolute atomic E-state index is 0.253. The largest absolute Gasteiger partial charge is 0.319 e. The van der Waals surface area contributed by atoms with Gasteiger partial charge in [-0.1, -0.05) is 18.7 Å². The van der Waals surface area contributed by atoms with E-state index in [2.05, 4.69) is 20.3 Å². The molecular weight excluding hydrogens is 260 g/mol. The summed E-state index contributed by atoms with van der Waals surface area (Å²) in [5.74, 6) is 0.615. The zero-order chi connectivity index (χ0) is 13.7. The van der Waals surface area contributed by atoms with Crippen molar-refractivity contribution in [2.24, 2.45) is 0 Å². The van der Waals surface area contributed by atoms with Crippen LogP contribution in [0.2, 0.25) is 0 Å². The number of pyridine rings is 1. The Labute approximate surface area is 115 Å². The fourth-order valence-corrected chi connectivity index (χ4v) is 2.11. The molecule has 0 fully saturated rings. The lowest BCUT2D eigenvalue weighted by Gasteiger charge is -2.06. The summed E-state index contributed by atoms with van der Waals surface area (Å²) >= 11 is 1.51. The standard InChI is InChI=1S/C13H14N4OS/c1-3-19-13-15-9(2)7-11(17-13)12(18)16-10-5-4-6-14-8-10/h4-8H,3H2,1-2H3,(H,16,18). The second-order valence-corrected chi connectivity index (χ2v) is 5.04. The van der Waals surface area contributed by atoms with Crippen LogP contribution >= 0.6 is 11.8 Å². The van der Waals surface area contributed by atoms with Gasteiger partial charge in [0.15, 0.2) is 5.16 Å². The zero-order valence-corrected chi connectivity index (χ0v) is 11.6. The number of amides is 1. The maximum Gasteiger partial charge on any atom is 0.274 e. The number of nitrogens with one attached hydrogen (secondary N) is 1. The van der Waals surface area contributed by atoms with E-state index in [1.807, 2.05) is 13.8 Å². The highest BCUT2D eigenvalue weighted by Gasteiger charge is 2.10. The lowest BCUT2D eigenvalue weighted by molar-refractivity contribution is 0.102. The van der Waals surface area contributed by atoms with E-state index in [-0.39, 0.29) is 5.91 Å². The molecule has 0 bridgehead atoms. The van der Waals surface area contributed by atoms with E-state index in [1.54, 1.807) is 30.6 Å². The van der Waals surface area contributed by atoms with Gasteiger partial charge in [-0.05, 0) is 30.9 Å². The fourth-order valence-electron chi connectivity index (χ4n) is 1.48. The summed E-state index contributed by atoms with van der Waals surface area (Å²) < 4.78 is 0. The summed E-state index contributed by atoms with van der Waals surface area (Å²) in [6.45, 7) is 3.87. The summed E-state index contributed by atoms with van der Waals surface area (Å²) in [4.78, 5) is 24.5. The highest BCUT2D eigenvalue weighted by atomic mass is 32.2. The Kier molecular flexibility index (Phi) is 4.46. The fraction of sp³-hybridized carbons (Fsp3) is 0.231. The third kappa shape index (κ3) is 3.75. The molecule has 0 atom stereocenters. The monoisotopic (exact) mass is 274 g/mol. The molecule has 0 aliphatic heterocycles. The van der Waals surface area contributed by atoms with Crippen LogP contribution < -0.4 is 5.32 Å². The Bertz CT molecular complexity index is 574. The molecule has 19 heavy (non-hydrogen) atoms. The number of rotatable bonds is 4. The second kappa shape index (κ2) is 6.29. The van der Waals surface area contributed by atoms with E-state index in [0.717, 1.165) is 11.4 Å². The summed E-state index contributed by atoms with van der Waals surface area (Å²) in [6, 6.07) is 5.21. The normalized spacial score (nSPS) is 10.2. The van der Waals surface area contributed by atoms with Crippen LogP contribution in [0.4, 0.5) is 5.69 Å². The number of hydrogen-bond donors (Lipinski definition) is 1. The van der Waals surface area contributed by atoms with E-state index >= 15 is 0 Å². The van der Waals surface area contributed by atoms with E-state index in [1.165, 1.54) is 11.8 Å². The van der Waals surface area contributed by atoms with Gasteiger partial charge in [0, 0.05) is 11.9 Å². The number of anilines is 1. The van der Waals surface area contributed by atoms with E-state index in [0.29, 0.717) is 16.5 Å². The number of aryl methyl sites for hydroxylation is 1. The molecule has 0 aliphatic carbocycles. The van der Waals surface area contributed by atoms with Gasteiger partial charge in [-0.3, -0.25) is 9.78 Å². The number of carbonyl (C=O) groups excluding carboxylic acids is 1. The Balaban J connectivity index is 2.19. The van der Waals surface area contributed by atoms with Gasteiger partial charge in [-0.25, -0.2) is 9.97 Å². The molecule has 5 nitrogen and oxygen atoms in total. The Morgan fingerprint density at radius 2 is 2.26 bits per heavy atom. The minimum Gasteiger partial charge on any atom is -0.319 e. The first kappa shape index (κ1) is 13.5. The van der Waals surface area contributed by atoms with Crippen molar-refractivity contribution >= 4 is 23.4 Å². The van der Waals surface area contributed by atoms with Gasteiger partial charge in [0.05, 0.1) is 11.9 Å². The molecule has 0 aromatic carbocycles. The van der Waals surface area contributed by atoms with Crippen molar-refractivity contribution in [1.29, 1.82) is 0 Å². The molecule has 0 saturated carbocycles. The van der Waals surface area contributed by atoms with Crippen LogP contribution in [0.1, 0.15) is 23.1 Å². The van der Waals surface area contributed by atoms with Gasteiger partial charge in [0.2, 0.25) is 0 Å². The maximum atomic E-state index is 12.1. The summed E-state index contributed by atoms with van der Waals surface area (Å²) in [6.07, 6.45) is 3.24. The van der Waals surface area contributed by atoms with Crippen molar-refractivity contribution in [2.75, 3.05) is 11.1 Å². The SMILES string of the molecule is CCSc1nc(C)cc(C(=O)Nc2cccnc2)n1. The van der Waals surface area contributed by atoms with Crippen molar-refractivity contribution < 1.29 is 4.79 Å². The van der Waals surface area contributed by atoms with Gasteiger partial charge >= 0.3 is 0 Å². The molecule has 2 heterocycles. The first-order chi connectivity index (χ1) is 9.19. The quantitative estimate of drug-likeness (QED) is 0.685. The van der Waals surface area contributed by atoms with Gasteiger partial charge in [-0.15, -0.1) is 0 Å². The van der Waals surface area contributed by atoms with Crippen LogP contribution in [0.3, 0.4) is 0 Å². The molecule has 0 aliphatic rings.